The molecule has 3 aromatic carbocycles. The van der Waals surface area contributed by atoms with Crippen molar-refractivity contribution in [3.8, 4) is 5.75 Å². The second-order valence-corrected chi connectivity index (χ2v) is 8.66. The van der Waals surface area contributed by atoms with Crippen LogP contribution in [0, 0.1) is 5.82 Å². The number of thioether (sulfide) groups is 1. The Morgan fingerprint density at radius 1 is 0.968 bits per heavy atom. The Morgan fingerprint density at radius 2 is 1.68 bits per heavy atom. The van der Waals surface area contributed by atoms with Crippen LogP contribution in [-0.2, 0) is 17.8 Å². The predicted octanol–water partition coefficient (Wildman–Crippen LogP) is 5.85. The van der Waals surface area contributed by atoms with Gasteiger partial charge in [-0.3, -0.25) is 9.69 Å². The first-order chi connectivity index (χ1) is 15.1. The Balaban J connectivity index is 1.47. The number of ether oxygens (including phenoxy) is 1. The number of benzene rings is 3. The van der Waals surface area contributed by atoms with Gasteiger partial charge < -0.3 is 4.74 Å². The minimum absolute atomic E-state index is 0.102. The third kappa shape index (κ3) is 5.21. The SMILES string of the molecule is O=C1/C(=C/c2ccccc2OCc2ccccc2F)SC(=S)N1CCc1ccccc1. The number of carbonyl (C=O) groups is 1. The molecule has 1 saturated heterocycles. The van der Waals surface area contributed by atoms with Crippen molar-refractivity contribution in [3.63, 3.8) is 0 Å². The lowest BCUT2D eigenvalue weighted by Crippen LogP contribution is -2.30. The van der Waals surface area contributed by atoms with Crippen molar-refractivity contribution in [2.24, 2.45) is 0 Å². The minimum atomic E-state index is -0.306. The average molecular weight is 450 g/mol. The largest absolute Gasteiger partial charge is 0.488 e. The molecular formula is C25H20FNO2S2. The molecule has 0 unspecified atom stereocenters. The van der Waals surface area contributed by atoms with Crippen molar-refractivity contribution in [2.75, 3.05) is 6.54 Å². The summed E-state index contributed by atoms with van der Waals surface area (Å²) in [6.07, 6.45) is 2.53. The first-order valence-corrected chi connectivity index (χ1v) is 11.1. The molecule has 0 spiro atoms. The Morgan fingerprint density at radius 3 is 2.48 bits per heavy atom. The maximum atomic E-state index is 13.9. The number of rotatable bonds is 7. The predicted molar refractivity (Wildman–Crippen MR) is 127 cm³/mol. The smallest absolute Gasteiger partial charge is 0.266 e. The van der Waals surface area contributed by atoms with Crippen LogP contribution >= 0.6 is 24.0 Å². The Kier molecular flexibility index (Phi) is 6.79. The van der Waals surface area contributed by atoms with Gasteiger partial charge in [-0.15, -0.1) is 0 Å². The lowest BCUT2D eigenvalue weighted by Gasteiger charge is -2.14. The molecule has 4 rings (SSSR count). The quantitative estimate of drug-likeness (QED) is 0.334. The molecule has 0 aliphatic carbocycles. The summed E-state index contributed by atoms with van der Waals surface area (Å²) in [6, 6.07) is 23.9. The highest BCUT2D eigenvalue weighted by molar-refractivity contribution is 8.26. The molecule has 1 aliphatic rings. The zero-order valence-corrected chi connectivity index (χ0v) is 18.3. The third-order valence-corrected chi connectivity index (χ3v) is 6.26. The van der Waals surface area contributed by atoms with E-state index in [-0.39, 0.29) is 18.3 Å². The van der Waals surface area contributed by atoms with Crippen molar-refractivity contribution in [1.82, 2.24) is 4.90 Å². The van der Waals surface area contributed by atoms with Gasteiger partial charge in [0.2, 0.25) is 0 Å². The summed E-state index contributed by atoms with van der Waals surface area (Å²) in [5, 5.41) is 0. The van der Waals surface area contributed by atoms with Gasteiger partial charge in [-0.2, -0.15) is 0 Å². The van der Waals surface area contributed by atoms with E-state index in [1.165, 1.54) is 17.8 Å². The van der Waals surface area contributed by atoms with Crippen molar-refractivity contribution < 1.29 is 13.9 Å². The van der Waals surface area contributed by atoms with E-state index >= 15 is 0 Å². The molecule has 0 aromatic heterocycles. The first kappa shape index (κ1) is 21.3. The number of para-hydroxylation sites is 1. The van der Waals surface area contributed by atoms with E-state index in [1.807, 2.05) is 54.6 Å². The van der Waals surface area contributed by atoms with Gasteiger partial charge in [-0.1, -0.05) is 90.7 Å². The highest BCUT2D eigenvalue weighted by Gasteiger charge is 2.31. The van der Waals surface area contributed by atoms with Gasteiger partial charge in [-0.25, -0.2) is 4.39 Å². The van der Waals surface area contributed by atoms with Crippen LogP contribution in [0.15, 0.2) is 83.8 Å². The summed E-state index contributed by atoms with van der Waals surface area (Å²) >= 11 is 6.73. The molecule has 6 heteroatoms. The fourth-order valence-corrected chi connectivity index (χ4v) is 4.52. The molecule has 1 heterocycles. The van der Waals surface area contributed by atoms with Gasteiger partial charge in [0.1, 0.15) is 22.5 Å². The molecule has 156 valence electrons. The van der Waals surface area contributed by atoms with E-state index in [4.69, 9.17) is 17.0 Å². The second kappa shape index (κ2) is 9.90. The van der Waals surface area contributed by atoms with Crippen molar-refractivity contribution in [1.29, 1.82) is 0 Å². The fraction of sp³-hybridized carbons (Fsp3) is 0.120. The molecule has 0 atom stereocenters. The van der Waals surface area contributed by atoms with Gasteiger partial charge in [0.05, 0.1) is 4.91 Å². The number of carbonyl (C=O) groups excluding carboxylic acids is 1. The van der Waals surface area contributed by atoms with Crippen LogP contribution in [0.3, 0.4) is 0 Å². The summed E-state index contributed by atoms with van der Waals surface area (Å²) in [5.74, 6) is 0.175. The third-order valence-electron chi connectivity index (χ3n) is 4.89. The number of halogens is 1. The van der Waals surface area contributed by atoms with Crippen LogP contribution in [0.1, 0.15) is 16.7 Å². The molecule has 3 aromatic rings. The molecule has 0 N–H and O–H groups in total. The molecule has 1 fully saturated rings. The molecule has 0 bridgehead atoms. The molecule has 1 aliphatic heterocycles. The Labute approximate surface area is 190 Å². The Hall–Kier alpha value is -2.96. The summed E-state index contributed by atoms with van der Waals surface area (Å²) in [6.45, 7) is 0.646. The van der Waals surface area contributed by atoms with Crippen LogP contribution < -0.4 is 4.74 Å². The minimum Gasteiger partial charge on any atom is -0.488 e. The molecular weight excluding hydrogens is 429 g/mol. The zero-order valence-electron chi connectivity index (χ0n) is 16.7. The highest BCUT2D eigenvalue weighted by Crippen LogP contribution is 2.34. The molecule has 1 amide bonds. The fourth-order valence-electron chi connectivity index (χ4n) is 3.22. The van der Waals surface area contributed by atoms with Gasteiger partial charge in [0.25, 0.3) is 5.91 Å². The number of hydrogen-bond acceptors (Lipinski definition) is 4. The number of hydrogen-bond donors (Lipinski definition) is 0. The van der Waals surface area contributed by atoms with Gasteiger partial charge in [0, 0.05) is 17.7 Å². The van der Waals surface area contributed by atoms with E-state index in [0.29, 0.717) is 27.1 Å². The standard InChI is InChI=1S/C25H20FNO2S2/c26-21-12-6-4-11-20(21)17-29-22-13-7-5-10-19(22)16-23-24(28)27(25(30)31-23)15-14-18-8-2-1-3-9-18/h1-13,16H,14-15,17H2/b23-16-. The van der Waals surface area contributed by atoms with Crippen LogP contribution in [0.25, 0.3) is 6.08 Å². The second-order valence-electron chi connectivity index (χ2n) is 6.99. The molecule has 3 nitrogen and oxygen atoms in total. The van der Waals surface area contributed by atoms with E-state index in [9.17, 15) is 9.18 Å². The topological polar surface area (TPSA) is 29.5 Å². The number of amides is 1. The molecule has 31 heavy (non-hydrogen) atoms. The summed E-state index contributed by atoms with van der Waals surface area (Å²) in [4.78, 5) is 15.1. The zero-order chi connectivity index (χ0) is 21.6. The molecule has 0 radical (unpaired) electrons. The van der Waals surface area contributed by atoms with Crippen LogP contribution in [0.2, 0.25) is 0 Å². The number of nitrogens with zero attached hydrogens (tertiary/aromatic N) is 1. The van der Waals surface area contributed by atoms with Gasteiger partial charge in [-0.05, 0) is 30.2 Å². The summed E-state index contributed by atoms with van der Waals surface area (Å²) < 4.78 is 20.3. The lowest BCUT2D eigenvalue weighted by atomic mass is 10.1. The van der Waals surface area contributed by atoms with Crippen LogP contribution in [-0.4, -0.2) is 21.7 Å². The average Bonchev–Trinajstić information content (AvgIpc) is 3.05. The monoisotopic (exact) mass is 449 g/mol. The Bertz CT molecular complexity index is 1130. The van der Waals surface area contributed by atoms with Crippen molar-refractivity contribution >= 4 is 40.3 Å². The number of thiocarbonyl (C=S) groups is 1. The molecule has 0 saturated carbocycles. The van der Waals surface area contributed by atoms with E-state index in [2.05, 4.69) is 0 Å². The maximum Gasteiger partial charge on any atom is 0.266 e. The van der Waals surface area contributed by atoms with Gasteiger partial charge >= 0.3 is 0 Å². The summed E-state index contributed by atoms with van der Waals surface area (Å²) in [5.41, 5.74) is 2.39. The highest BCUT2D eigenvalue weighted by atomic mass is 32.2. The van der Waals surface area contributed by atoms with Gasteiger partial charge in [0.15, 0.2) is 0 Å². The first-order valence-electron chi connectivity index (χ1n) is 9.86. The maximum absolute atomic E-state index is 13.9. The van der Waals surface area contributed by atoms with Crippen molar-refractivity contribution in [2.45, 2.75) is 13.0 Å². The van der Waals surface area contributed by atoms with E-state index in [1.54, 1.807) is 29.2 Å². The lowest BCUT2D eigenvalue weighted by molar-refractivity contribution is -0.122. The summed E-state index contributed by atoms with van der Waals surface area (Å²) in [7, 11) is 0. The van der Waals surface area contributed by atoms with Crippen molar-refractivity contribution in [3.05, 3.63) is 106 Å². The van der Waals surface area contributed by atoms with E-state index in [0.717, 1.165) is 17.5 Å². The van der Waals surface area contributed by atoms with Crippen LogP contribution in [0.5, 0.6) is 5.75 Å². The normalized spacial score (nSPS) is 15.0. The van der Waals surface area contributed by atoms with E-state index < -0.39 is 0 Å². The van der Waals surface area contributed by atoms with Crippen LogP contribution in [0.4, 0.5) is 4.39 Å².